The van der Waals surface area contributed by atoms with E-state index in [1.807, 2.05) is 72.8 Å². The number of hydrogen-bond donors (Lipinski definition) is 1. The van der Waals surface area contributed by atoms with Gasteiger partial charge in [-0.05, 0) is 23.8 Å². The van der Waals surface area contributed by atoms with Gasteiger partial charge >= 0.3 is 5.97 Å². The van der Waals surface area contributed by atoms with Gasteiger partial charge in [-0.25, -0.2) is 0 Å². The van der Waals surface area contributed by atoms with Crippen LogP contribution in [0.15, 0.2) is 78.0 Å². The van der Waals surface area contributed by atoms with Crippen LogP contribution in [-0.2, 0) is 16.2 Å². The first-order chi connectivity index (χ1) is 16.1. The molecule has 1 unspecified atom stereocenters. The molecule has 1 aliphatic rings. The summed E-state index contributed by atoms with van der Waals surface area (Å²) in [6.45, 7) is 1.05. The highest BCUT2D eigenvalue weighted by molar-refractivity contribution is 6.01. The smallest absolute Gasteiger partial charge is 0.304 e. The largest absolute Gasteiger partial charge is 0.492 e. The van der Waals surface area contributed by atoms with Gasteiger partial charge in [-0.3, -0.25) is 4.79 Å². The summed E-state index contributed by atoms with van der Waals surface area (Å²) in [5, 5.41) is 13.1. The van der Waals surface area contributed by atoms with Crippen molar-refractivity contribution in [3.05, 3.63) is 89.5 Å². The number of hydrogen-bond acceptors (Lipinski definition) is 6. The predicted molar refractivity (Wildman–Crippen MR) is 123 cm³/mol. The lowest BCUT2D eigenvalue weighted by molar-refractivity contribution is -0.137. The minimum Gasteiger partial charge on any atom is -0.492 e. The third-order valence-electron chi connectivity index (χ3n) is 5.30. The van der Waals surface area contributed by atoms with Crippen molar-refractivity contribution in [2.45, 2.75) is 18.9 Å². The summed E-state index contributed by atoms with van der Waals surface area (Å²) >= 11 is 0. The van der Waals surface area contributed by atoms with E-state index in [1.165, 1.54) is 7.11 Å². The standard InChI is InChI=1S/C26H25NO6/c1-30-27-24(19-5-3-2-4-6-19)17-32-21-9-7-18(8-10-21)15-31-22-11-12-23-20(13-26(28)29)16-33-25(23)14-22/h2-12,14,20H,13,15-17H2,1H3,(H,28,29)/b27-24+. The number of aliphatic carboxylic acids is 1. The van der Waals surface area contributed by atoms with Crippen molar-refractivity contribution in [2.75, 3.05) is 20.3 Å². The van der Waals surface area contributed by atoms with Crippen LogP contribution >= 0.6 is 0 Å². The van der Waals surface area contributed by atoms with Gasteiger partial charge in [0.2, 0.25) is 0 Å². The zero-order chi connectivity index (χ0) is 23.0. The van der Waals surface area contributed by atoms with Gasteiger partial charge < -0.3 is 24.2 Å². The Morgan fingerprint density at radius 3 is 2.52 bits per heavy atom. The lowest BCUT2D eigenvalue weighted by atomic mass is 9.98. The number of carboxylic acid groups (broad SMARTS) is 1. The van der Waals surface area contributed by atoms with Crippen LogP contribution in [0.5, 0.6) is 17.2 Å². The molecule has 0 aliphatic carbocycles. The molecular formula is C26H25NO6. The fourth-order valence-corrected chi connectivity index (χ4v) is 3.63. The Balaban J connectivity index is 1.31. The third kappa shape index (κ3) is 5.83. The molecule has 1 heterocycles. The van der Waals surface area contributed by atoms with Crippen molar-refractivity contribution in [1.29, 1.82) is 0 Å². The van der Waals surface area contributed by atoms with Gasteiger partial charge in [-0.1, -0.05) is 53.7 Å². The van der Waals surface area contributed by atoms with E-state index in [-0.39, 0.29) is 18.9 Å². The van der Waals surface area contributed by atoms with E-state index >= 15 is 0 Å². The Bertz CT molecular complexity index is 1110. The van der Waals surface area contributed by atoms with Crippen LogP contribution in [0.25, 0.3) is 0 Å². The number of carbonyl (C=O) groups is 1. The maximum atomic E-state index is 11.0. The summed E-state index contributed by atoms with van der Waals surface area (Å²) < 4.78 is 17.4. The molecule has 0 fully saturated rings. The predicted octanol–water partition coefficient (Wildman–Crippen LogP) is 4.65. The Hall–Kier alpha value is -4.00. The van der Waals surface area contributed by atoms with E-state index in [0.29, 0.717) is 36.2 Å². The number of nitrogens with zero attached hydrogens (tertiary/aromatic N) is 1. The van der Waals surface area contributed by atoms with Crippen LogP contribution < -0.4 is 14.2 Å². The highest BCUT2D eigenvalue weighted by Gasteiger charge is 2.26. The zero-order valence-corrected chi connectivity index (χ0v) is 18.3. The molecule has 1 aliphatic heterocycles. The van der Waals surface area contributed by atoms with Crippen LogP contribution in [0.2, 0.25) is 0 Å². The van der Waals surface area contributed by atoms with Crippen molar-refractivity contribution >= 4 is 11.7 Å². The highest BCUT2D eigenvalue weighted by atomic mass is 16.6. The van der Waals surface area contributed by atoms with Gasteiger partial charge in [0.25, 0.3) is 0 Å². The number of fused-ring (bicyclic) bond motifs is 1. The average Bonchev–Trinajstić information content (AvgIpc) is 3.23. The van der Waals surface area contributed by atoms with E-state index in [9.17, 15) is 4.79 Å². The van der Waals surface area contributed by atoms with Crippen molar-refractivity contribution in [3.63, 3.8) is 0 Å². The van der Waals surface area contributed by atoms with Crippen LogP contribution in [0.3, 0.4) is 0 Å². The van der Waals surface area contributed by atoms with Crippen LogP contribution in [0.4, 0.5) is 0 Å². The molecule has 3 aromatic rings. The zero-order valence-electron chi connectivity index (χ0n) is 18.3. The molecule has 0 aromatic heterocycles. The maximum Gasteiger partial charge on any atom is 0.304 e. The van der Waals surface area contributed by atoms with Gasteiger partial charge in [-0.2, -0.15) is 0 Å². The molecule has 7 heteroatoms. The summed E-state index contributed by atoms with van der Waals surface area (Å²) in [6.07, 6.45) is 0.0613. The molecule has 0 saturated heterocycles. The molecule has 0 amide bonds. The van der Waals surface area contributed by atoms with Crippen LogP contribution in [0.1, 0.15) is 29.0 Å². The molecule has 1 N–H and O–H groups in total. The normalized spacial score (nSPS) is 14.8. The average molecular weight is 447 g/mol. The van der Waals surface area contributed by atoms with Crippen molar-refractivity contribution in [2.24, 2.45) is 5.16 Å². The first-order valence-corrected chi connectivity index (χ1v) is 10.6. The molecular weight excluding hydrogens is 422 g/mol. The van der Waals surface area contributed by atoms with Crippen LogP contribution in [-0.4, -0.2) is 37.1 Å². The van der Waals surface area contributed by atoms with Crippen LogP contribution in [0, 0.1) is 0 Å². The molecule has 3 aromatic carbocycles. The van der Waals surface area contributed by atoms with Gasteiger partial charge in [0.15, 0.2) is 0 Å². The van der Waals surface area contributed by atoms with Crippen molar-refractivity contribution in [3.8, 4) is 17.2 Å². The molecule has 0 radical (unpaired) electrons. The molecule has 0 saturated carbocycles. The van der Waals surface area contributed by atoms with Gasteiger partial charge in [0.05, 0.1) is 13.0 Å². The second-order valence-corrected chi connectivity index (χ2v) is 7.61. The lowest BCUT2D eigenvalue weighted by Crippen LogP contribution is -2.13. The van der Waals surface area contributed by atoms with Crippen molar-refractivity contribution < 1.29 is 28.9 Å². The van der Waals surface area contributed by atoms with Gasteiger partial charge in [0, 0.05) is 23.1 Å². The first-order valence-electron chi connectivity index (χ1n) is 10.6. The third-order valence-corrected chi connectivity index (χ3v) is 5.30. The Labute approximate surface area is 192 Å². The van der Waals surface area contributed by atoms with Gasteiger partial charge in [-0.15, -0.1) is 0 Å². The second-order valence-electron chi connectivity index (χ2n) is 7.61. The van der Waals surface area contributed by atoms with E-state index in [0.717, 1.165) is 16.7 Å². The molecule has 7 nitrogen and oxygen atoms in total. The number of rotatable bonds is 10. The molecule has 170 valence electrons. The second kappa shape index (κ2) is 10.5. The highest BCUT2D eigenvalue weighted by Crippen LogP contribution is 2.38. The topological polar surface area (TPSA) is 86.6 Å². The Morgan fingerprint density at radius 1 is 1.03 bits per heavy atom. The fraction of sp³-hybridized carbons (Fsp3) is 0.231. The van der Waals surface area contributed by atoms with Gasteiger partial charge in [0.1, 0.15) is 43.3 Å². The number of ether oxygens (including phenoxy) is 3. The van der Waals surface area contributed by atoms with Crippen molar-refractivity contribution in [1.82, 2.24) is 0 Å². The quantitative estimate of drug-likeness (QED) is 0.360. The Morgan fingerprint density at radius 2 is 1.79 bits per heavy atom. The first kappa shape index (κ1) is 22.2. The fourth-order valence-electron chi connectivity index (χ4n) is 3.63. The molecule has 0 bridgehead atoms. The minimum atomic E-state index is -0.827. The van der Waals surface area contributed by atoms with E-state index in [1.54, 1.807) is 0 Å². The number of oxime groups is 1. The number of benzene rings is 3. The lowest BCUT2D eigenvalue weighted by Gasteiger charge is -2.11. The summed E-state index contributed by atoms with van der Waals surface area (Å²) in [5.74, 6) is 1.14. The maximum absolute atomic E-state index is 11.0. The molecule has 33 heavy (non-hydrogen) atoms. The van der Waals surface area contributed by atoms with E-state index in [4.69, 9.17) is 24.2 Å². The minimum absolute atomic E-state index is 0.0613. The summed E-state index contributed by atoms with van der Waals surface area (Å²) in [6, 6.07) is 22.9. The van der Waals surface area contributed by atoms with E-state index in [2.05, 4.69) is 5.16 Å². The molecule has 0 spiro atoms. The Kier molecular flexibility index (Phi) is 7.09. The summed E-state index contributed by atoms with van der Waals surface area (Å²) in [5.41, 5.74) is 3.55. The monoisotopic (exact) mass is 447 g/mol. The van der Waals surface area contributed by atoms with E-state index < -0.39 is 5.97 Å². The summed E-state index contributed by atoms with van der Waals surface area (Å²) in [7, 11) is 1.51. The number of carboxylic acids is 1. The summed E-state index contributed by atoms with van der Waals surface area (Å²) in [4.78, 5) is 15.9. The molecule has 1 atom stereocenters. The molecule has 4 rings (SSSR count). The SMILES string of the molecule is CO/N=C(\COc1ccc(COc2ccc3c(c2)OCC3CC(=O)O)cc1)c1ccccc1.